The molecule has 0 saturated heterocycles. The Balaban J connectivity index is 1.71. The van der Waals surface area contributed by atoms with Gasteiger partial charge in [-0.15, -0.1) is 0 Å². The van der Waals surface area contributed by atoms with Crippen LogP contribution in [0.2, 0.25) is 0 Å². The Morgan fingerprint density at radius 3 is 2.31 bits per heavy atom. The Bertz CT molecular complexity index is 864. The molecule has 3 rings (SSSR count). The molecule has 29 heavy (non-hydrogen) atoms. The van der Waals surface area contributed by atoms with Gasteiger partial charge in [0.15, 0.2) is 17.3 Å². The smallest absolute Gasteiger partial charge is 0.165 e. The molecule has 0 spiro atoms. The lowest BCUT2D eigenvalue weighted by molar-refractivity contribution is 0.249. The van der Waals surface area contributed by atoms with Crippen molar-refractivity contribution in [3.05, 3.63) is 89.0 Å². The van der Waals surface area contributed by atoms with Gasteiger partial charge in [0, 0.05) is 12.0 Å². The standard InChI is InChI=1S/C26H29F3/c1-2-3-4-5-6-7-10-20-12-15-22(16-13-20)26(29)18-9-8-11-23(26)21-14-17-24(27)25(28)19-21/h8-9,11-17,19H,2-7,10,18H2,1H3. The largest absolute Gasteiger partial charge is 0.233 e. The SMILES string of the molecule is CCCCCCCCc1ccc(C2(F)CC=CC=C2c2ccc(F)c(F)c2)cc1. The summed E-state index contributed by atoms with van der Waals surface area (Å²) in [5, 5.41) is 0. The zero-order chi connectivity index (χ0) is 20.7. The molecule has 3 heteroatoms. The molecule has 1 aliphatic rings. The number of halogens is 3. The van der Waals surface area contributed by atoms with E-state index in [9.17, 15) is 8.78 Å². The highest BCUT2D eigenvalue weighted by Gasteiger charge is 2.37. The van der Waals surface area contributed by atoms with Gasteiger partial charge in [0.25, 0.3) is 0 Å². The second kappa shape index (κ2) is 9.96. The van der Waals surface area contributed by atoms with Gasteiger partial charge >= 0.3 is 0 Å². The Morgan fingerprint density at radius 1 is 0.862 bits per heavy atom. The molecule has 0 bridgehead atoms. The lowest BCUT2D eigenvalue weighted by Gasteiger charge is -2.30. The summed E-state index contributed by atoms with van der Waals surface area (Å²) in [4.78, 5) is 0. The van der Waals surface area contributed by atoms with Crippen molar-refractivity contribution < 1.29 is 13.2 Å². The molecule has 0 aromatic heterocycles. The van der Waals surface area contributed by atoms with Gasteiger partial charge < -0.3 is 0 Å². The first-order valence-electron chi connectivity index (χ1n) is 10.7. The van der Waals surface area contributed by atoms with Crippen molar-refractivity contribution in [2.75, 3.05) is 0 Å². The van der Waals surface area contributed by atoms with Crippen LogP contribution < -0.4 is 0 Å². The number of alkyl halides is 1. The van der Waals surface area contributed by atoms with E-state index in [1.165, 1.54) is 43.7 Å². The lowest BCUT2D eigenvalue weighted by atomic mass is 9.78. The van der Waals surface area contributed by atoms with Gasteiger partial charge in [-0.1, -0.05) is 87.6 Å². The van der Waals surface area contributed by atoms with Crippen LogP contribution in [0.5, 0.6) is 0 Å². The predicted molar refractivity (Wildman–Crippen MR) is 114 cm³/mol. The molecular weight excluding hydrogens is 369 g/mol. The minimum atomic E-state index is -1.75. The monoisotopic (exact) mass is 398 g/mol. The van der Waals surface area contributed by atoms with Crippen molar-refractivity contribution in [2.24, 2.45) is 0 Å². The van der Waals surface area contributed by atoms with E-state index in [4.69, 9.17) is 0 Å². The number of unbranched alkanes of at least 4 members (excludes halogenated alkanes) is 5. The first kappa shape index (κ1) is 21.4. The van der Waals surface area contributed by atoms with Crippen LogP contribution in [-0.4, -0.2) is 0 Å². The summed E-state index contributed by atoms with van der Waals surface area (Å²) >= 11 is 0. The van der Waals surface area contributed by atoms with E-state index < -0.39 is 17.3 Å². The maximum Gasteiger partial charge on any atom is 0.165 e. The average molecular weight is 399 g/mol. The molecule has 0 fully saturated rings. The van der Waals surface area contributed by atoms with Crippen molar-refractivity contribution in [1.82, 2.24) is 0 Å². The van der Waals surface area contributed by atoms with E-state index in [0.717, 1.165) is 25.0 Å². The van der Waals surface area contributed by atoms with Crippen LogP contribution in [0, 0.1) is 11.6 Å². The highest BCUT2D eigenvalue weighted by molar-refractivity contribution is 5.76. The van der Waals surface area contributed by atoms with Crippen LogP contribution in [0.1, 0.15) is 68.6 Å². The van der Waals surface area contributed by atoms with Crippen LogP contribution in [0.25, 0.3) is 5.57 Å². The molecule has 0 N–H and O–H groups in total. The topological polar surface area (TPSA) is 0 Å². The van der Waals surface area contributed by atoms with Gasteiger partial charge in [-0.25, -0.2) is 13.2 Å². The van der Waals surface area contributed by atoms with E-state index in [1.54, 1.807) is 18.2 Å². The molecule has 0 heterocycles. The second-order valence-electron chi connectivity index (χ2n) is 7.86. The molecule has 0 saturated carbocycles. The first-order valence-corrected chi connectivity index (χ1v) is 10.7. The first-order chi connectivity index (χ1) is 14.0. The molecule has 0 nitrogen and oxygen atoms in total. The number of rotatable bonds is 9. The third-order valence-corrected chi connectivity index (χ3v) is 5.69. The third-order valence-electron chi connectivity index (χ3n) is 5.69. The Hall–Kier alpha value is -2.29. The number of allylic oxidation sites excluding steroid dienone is 4. The fourth-order valence-corrected chi connectivity index (χ4v) is 3.94. The van der Waals surface area contributed by atoms with Crippen LogP contribution >= 0.6 is 0 Å². The van der Waals surface area contributed by atoms with Crippen molar-refractivity contribution in [2.45, 2.75) is 64.0 Å². The lowest BCUT2D eigenvalue weighted by Crippen LogP contribution is -2.23. The van der Waals surface area contributed by atoms with E-state index >= 15 is 4.39 Å². The van der Waals surface area contributed by atoms with Crippen LogP contribution in [0.15, 0.2) is 60.7 Å². The number of benzene rings is 2. The normalized spacial score (nSPS) is 18.7. The number of hydrogen-bond acceptors (Lipinski definition) is 0. The number of hydrogen-bond donors (Lipinski definition) is 0. The van der Waals surface area contributed by atoms with Crippen molar-refractivity contribution in [1.29, 1.82) is 0 Å². The number of aryl methyl sites for hydroxylation is 1. The molecule has 0 radical (unpaired) electrons. The van der Waals surface area contributed by atoms with Crippen LogP contribution in [0.3, 0.4) is 0 Å². The average Bonchev–Trinajstić information content (AvgIpc) is 2.73. The molecule has 154 valence electrons. The van der Waals surface area contributed by atoms with Crippen LogP contribution in [-0.2, 0) is 12.1 Å². The van der Waals surface area contributed by atoms with Gasteiger partial charge in [-0.3, -0.25) is 0 Å². The Morgan fingerprint density at radius 2 is 1.59 bits per heavy atom. The maximum absolute atomic E-state index is 16.1. The summed E-state index contributed by atoms with van der Waals surface area (Å²) in [5.41, 5.74) is 0.731. The quantitative estimate of drug-likeness (QED) is 0.375. The highest BCUT2D eigenvalue weighted by Crippen LogP contribution is 2.45. The van der Waals surface area contributed by atoms with Crippen LogP contribution in [0.4, 0.5) is 13.2 Å². The third kappa shape index (κ3) is 5.20. The molecule has 1 atom stereocenters. The molecule has 1 unspecified atom stereocenters. The Kier molecular flexibility index (Phi) is 7.35. The zero-order valence-corrected chi connectivity index (χ0v) is 17.1. The van der Waals surface area contributed by atoms with E-state index in [-0.39, 0.29) is 6.42 Å². The minimum absolute atomic E-state index is 0.175. The van der Waals surface area contributed by atoms with E-state index in [2.05, 4.69) is 6.92 Å². The molecule has 1 aliphatic carbocycles. The van der Waals surface area contributed by atoms with Gasteiger partial charge in [0.2, 0.25) is 0 Å². The minimum Gasteiger partial charge on any atom is -0.233 e. The summed E-state index contributed by atoms with van der Waals surface area (Å²) in [6.45, 7) is 2.22. The van der Waals surface area contributed by atoms with E-state index in [1.807, 2.05) is 24.3 Å². The van der Waals surface area contributed by atoms with Crippen molar-refractivity contribution >= 4 is 5.57 Å². The summed E-state index contributed by atoms with van der Waals surface area (Å²) in [6, 6.07) is 11.2. The van der Waals surface area contributed by atoms with Crippen molar-refractivity contribution in [3.8, 4) is 0 Å². The predicted octanol–water partition coefficient (Wildman–Crippen LogP) is 8.08. The second-order valence-corrected chi connectivity index (χ2v) is 7.86. The fraction of sp³-hybridized carbons (Fsp3) is 0.385. The fourth-order valence-electron chi connectivity index (χ4n) is 3.94. The summed E-state index contributed by atoms with van der Waals surface area (Å²) in [5.74, 6) is -1.89. The van der Waals surface area contributed by atoms with Gasteiger partial charge in [0.1, 0.15) is 0 Å². The van der Waals surface area contributed by atoms with Gasteiger partial charge in [-0.05, 0) is 41.7 Å². The molecule has 0 amide bonds. The molecular formula is C26H29F3. The summed E-state index contributed by atoms with van der Waals surface area (Å²) in [7, 11) is 0. The molecule has 0 aliphatic heterocycles. The molecule has 2 aromatic rings. The molecule has 2 aromatic carbocycles. The summed E-state index contributed by atoms with van der Waals surface area (Å²) in [6.07, 6.45) is 13.9. The van der Waals surface area contributed by atoms with E-state index in [0.29, 0.717) is 16.7 Å². The summed E-state index contributed by atoms with van der Waals surface area (Å²) < 4.78 is 43.1. The van der Waals surface area contributed by atoms with Gasteiger partial charge in [-0.2, -0.15) is 0 Å². The Labute approximate surface area is 172 Å². The van der Waals surface area contributed by atoms with Gasteiger partial charge in [0.05, 0.1) is 0 Å². The highest BCUT2D eigenvalue weighted by atomic mass is 19.2. The maximum atomic E-state index is 16.1. The zero-order valence-electron chi connectivity index (χ0n) is 17.1. The van der Waals surface area contributed by atoms with Crippen molar-refractivity contribution in [3.63, 3.8) is 0 Å².